The second-order valence-corrected chi connectivity index (χ2v) is 5.60. The maximum Gasteiger partial charge on any atom is 0.239 e. The number of nitrogens with one attached hydrogen (secondary N) is 2. The van der Waals surface area contributed by atoms with Crippen LogP contribution in [0.25, 0.3) is 0 Å². The Kier molecular flexibility index (Phi) is 3.92. The van der Waals surface area contributed by atoms with Crippen molar-refractivity contribution < 1.29 is 4.79 Å². The maximum absolute atomic E-state index is 11.7. The van der Waals surface area contributed by atoms with Crippen LogP contribution in [0.15, 0.2) is 30.3 Å². The minimum Gasteiger partial charge on any atom is -0.351 e. The number of aromatic nitrogens is 2. The van der Waals surface area contributed by atoms with Gasteiger partial charge in [0.1, 0.15) is 5.82 Å². The van der Waals surface area contributed by atoms with Crippen LogP contribution in [0.3, 0.4) is 0 Å². The molecule has 1 heterocycles. The molecule has 0 aliphatic heterocycles. The molecule has 1 aromatic heterocycles. The number of hydrogen-bond acceptors (Lipinski definition) is 5. The van der Waals surface area contributed by atoms with Gasteiger partial charge in [0.05, 0.1) is 6.54 Å². The van der Waals surface area contributed by atoms with E-state index in [1.807, 2.05) is 30.3 Å². The van der Waals surface area contributed by atoms with Gasteiger partial charge in [-0.05, 0) is 18.4 Å². The summed E-state index contributed by atoms with van der Waals surface area (Å²) in [5.74, 6) is 1.42. The summed E-state index contributed by atoms with van der Waals surface area (Å²) in [5, 5.41) is 6.61. The lowest BCUT2D eigenvalue weighted by molar-refractivity contribution is -0.119. The second-order valence-electron chi connectivity index (χ2n) is 4.85. The van der Waals surface area contributed by atoms with Crippen LogP contribution in [0, 0.1) is 0 Å². The molecule has 1 aliphatic carbocycles. The van der Waals surface area contributed by atoms with Gasteiger partial charge in [-0.15, -0.1) is 0 Å². The van der Waals surface area contributed by atoms with E-state index in [2.05, 4.69) is 20.0 Å². The minimum atomic E-state index is -0.0444. The van der Waals surface area contributed by atoms with Crippen molar-refractivity contribution in [1.82, 2.24) is 14.7 Å². The van der Waals surface area contributed by atoms with Crippen molar-refractivity contribution in [3.63, 3.8) is 0 Å². The SMILES string of the molecule is O=C(CNc1nc(C2CC2)ns1)NCc1ccccc1. The number of hydrogen-bond donors (Lipinski definition) is 2. The van der Waals surface area contributed by atoms with Crippen LogP contribution >= 0.6 is 11.5 Å². The number of benzene rings is 1. The highest BCUT2D eigenvalue weighted by molar-refractivity contribution is 7.09. The van der Waals surface area contributed by atoms with E-state index in [0.717, 1.165) is 16.5 Å². The maximum atomic E-state index is 11.7. The molecule has 1 aliphatic rings. The normalized spacial score (nSPS) is 14.0. The fraction of sp³-hybridized carbons (Fsp3) is 0.357. The van der Waals surface area contributed by atoms with Gasteiger partial charge in [-0.25, -0.2) is 4.98 Å². The molecule has 0 radical (unpaired) electrons. The molecular weight excluding hydrogens is 272 g/mol. The zero-order valence-corrected chi connectivity index (χ0v) is 11.8. The van der Waals surface area contributed by atoms with Crippen molar-refractivity contribution in [3.05, 3.63) is 41.7 Å². The predicted molar refractivity (Wildman–Crippen MR) is 78.7 cm³/mol. The summed E-state index contributed by atoms with van der Waals surface area (Å²) in [5.41, 5.74) is 1.09. The van der Waals surface area contributed by atoms with E-state index in [0.29, 0.717) is 12.5 Å². The van der Waals surface area contributed by atoms with Gasteiger partial charge in [-0.1, -0.05) is 30.3 Å². The van der Waals surface area contributed by atoms with Crippen LogP contribution in [0.2, 0.25) is 0 Å². The summed E-state index contributed by atoms with van der Waals surface area (Å²) in [6.45, 7) is 0.775. The molecule has 2 aromatic rings. The molecular formula is C14H16N4OS. The highest BCUT2D eigenvalue weighted by atomic mass is 32.1. The Hall–Kier alpha value is -1.95. The molecule has 0 atom stereocenters. The molecule has 1 aromatic carbocycles. The molecule has 3 rings (SSSR count). The number of amides is 1. The first-order valence-corrected chi connectivity index (χ1v) is 7.47. The third-order valence-corrected chi connectivity index (χ3v) is 3.80. The third kappa shape index (κ3) is 3.54. The molecule has 1 saturated carbocycles. The number of rotatable bonds is 6. The molecule has 0 unspecified atom stereocenters. The van der Waals surface area contributed by atoms with Gasteiger partial charge in [0.2, 0.25) is 11.0 Å². The van der Waals surface area contributed by atoms with E-state index in [4.69, 9.17) is 0 Å². The molecule has 0 spiro atoms. The van der Waals surface area contributed by atoms with Gasteiger partial charge in [-0.2, -0.15) is 4.37 Å². The Bertz CT molecular complexity index is 580. The van der Waals surface area contributed by atoms with E-state index >= 15 is 0 Å². The van der Waals surface area contributed by atoms with Gasteiger partial charge in [-0.3, -0.25) is 4.79 Å². The Labute approximate surface area is 121 Å². The molecule has 0 saturated heterocycles. The summed E-state index contributed by atoms with van der Waals surface area (Å²) >= 11 is 1.32. The highest BCUT2D eigenvalue weighted by Crippen LogP contribution is 2.39. The molecule has 1 amide bonds. The predicted octanol–water partition coefficient (Wildman–Crippen LogP) is 2.14. The monoisotopic (exact) mass is 288 g/mol. The topological polar surface area (TPSA) is 66.9 Å². The molecule has 0 bridgehead atoms. The van der Waals surface area contributed by atoms with Crippen LogP contribution in [0.4, 0.5) is 5.13 Å². The molecule has 20 heavy (non-hydrogen) atoms. The molecule has 6 heteroatoms. The highest BCUT2D eigenvalue weighted by Gasteiger charge is 2.27. The standard InChI is InChI=1S/C14H16N4OS/c19-12(15-8-10-4-2-1-3-5-10)9-16-14-17-13(18-20-14)11-6-7-11/h1-5,11H,6-9H2,(H,15,19)(H,16,17,18). The molecule has 5 nitrogen and oxygen atoms in total. The molecule has 2 N–H and O–H groups in total. The summed E-state index contributed by atoms with van der Waals surface area (Å²) < 4.78 is 4.29. The number of nitrogens with zero attached hydrogens (tertiary/aromatic N) is 2. The molecule has 1 fully saturated rings. The number of anilines is 1. The van der Waals surface area contributed by atoms with Crippen LogP contribution in [-0.2, 0) is 11.3 Å². The van der Waals surface area contributed by atoms with Crippen LogP contribution in [-0.4, -0.2) is 21.8 Å². The van der Waals surface area contributed by atoms with Gasteiger partial charge < -0.3 is 10.6 Å². The third-order valence-electron chi connectivity index (χ3n) is 3.12. The van der Waals surface area contributed by atoms with Crippen molar-refractivity contribution in [2.45, 2.75) is 25.3 Å². The first-order chi connectivity index (χ1) is 9.81. The summed E-state index contributed by atoms with van der Waals surface area (Å²) in [6.07, 6.45) is 2.38. The van der Waals surface area contributed by atoms with Crippen molar-refractivity contribution in [2.75, 3.05) is 11.9 Å². The Morgan fingerprint density at radius 2 is 2.10 bits per heavy atom. The fourth-order valence-corrected chi connectivity index (χ4v) is 2.47. The van der Waals surface area contributed by atoms with Crippen molar-refractivity contribution >= 4 is 22.6 Å². The fourth-order valence-electron chi connectivity index (χ4n) is 1.83. The average molecular weight is 288 g/mol. The quantitative estimate of drug-likeness (QED) is 0.854. The Balaban J connectivity index is 1.42. The lowest BCUT2D eigenvalue weighted by atomic mass is 10.2. The van der Waals surface area contributed by atoms with Crippen LogP contribution in [0.1, 0.15) is 30.1 Å². The van der Waals surface area contributed by atoms with E-state index in [-0.39, 0.29) is 12.5 Å². The van der Waals surface area contributed by atoms with E-state index in [1.165, 1.54) is 24.4 Å². The largest absolute Gasteiger partial charge is 0.351 e. The first-order valence-electron chi connectivity index (χ1n) is 6.69. The van der Waals surface area contributed by atoms with Gasteiger partial charge in [0, 0.05) is 24.0 Å². The number of carbonyl (C=O) groups is 1. The number of carbonyl (C=O) groups excluding carboxylic acids is 1. The smallest absolute Gasteiger partial charge is 0.239 e. The van der Waals surface area contributed by atoms with Gasteiger partial charge >= 0.3 is 0 Å². The molecule has 104 valence electrons. The van der Waals surface area contributed by atoms with Gasteiger partial charge in [0.15, 0.2) is 0 Å². The second kappa shape index (κ2) is 6.00. The zero-order valence-electron chi connectivity index (χ0n) is 11.0. The van der Waals surface area contributed by atoms with E-state index in [9.17, 15) is 4.79 Å². The summed E-state index contributed by atoms with van der Waals surface area (Å²) in [6, 6.07) is 9.85. The first kappa shape index (κ1) is 13.1. The lowest BCUT2D eigenvalue weighted by Crippen LogP contribution is -2.29. The lowest BCUT2D eigenvalue weighted by Gasteiger charge is -2.05. The van der Waals surface area contributed by atoms with Crippen molar-refractivity contribution in [3.8, 4) is 0 Å². The van der Waals surface area contributed by atoms with Crippen LogP contribution < -0.4 is 10.6 Å². The van der Waals surface area contributed by atoms with Crippen molar-refractivity contribution in [2.24, 2.45) is 0 Å². The average Bonchev–Trinajstić information content (AvgIpc) is 3.23. The van der Waals surface area contributed by atoms with Crippen LogP contribution in [0.5, 0.6) is 0 Å². The van der Waals surface area contributed by atoms with E-state index in [1.54, 1.807) is 0 Å². The minimum absolute atomic E-state index is 0.0444. The van der Waals surface area contributed by atoms with E-state index < -0.39 is 0 Å². The van der Waals surface area contributed by atoms with Crippen molar-refractivity contribution in [1.29, 1.82) is 0 Å². The summed E-state index contributed by atoms with van der Waals surface area (Å²) in [7, 11) is 0. The van der Waals surface area contributed by atoms with Gasteiger partial charge in [0.25, 0.3) is 0 Å². The zero-order chi connectivity index (χ0) is 13.8. The Morgan fingerprint density at radius 1 is 1.30 bits per heavy atom. The summed E-state index contributed by atoms with van der Waals surface area (Å²) in [4.78, 5) is 16.1. The Morgan fingerprint density at radius 3 is 2.85 bits per heavy atom.